The van der Waals surface area contributed by atoms with Crippen LogP contribution >= 0.6 is 0 Å². The lowest BCUT2D eigenvalue weighted by Crippen LogP contribution is -2.24. The molecule has 5 nitrogen and oxygen atoms in total. The number of aliphatic carboxylic acids is 1. The number of amides is 1. The second kappa shape index (κ2) is 9.55. The van der Waals surface area contributed by atoms with E-state index in [-0.39, 0.29) is 12.3 Å². The van der Waals surface area contributed by atoms with Gasteiger partial charge in [-0.1, -0.05) is 31.4 Å². The quantitative estimate of drug-likeness (QED) is 0.643. The first-order chi connectivity index (χ1) is 11.7. The SMILES string of the molecule is O=C(O)CCCCCCCNC(=O)c1cccc(-c2ccoc2)c1. The van der Waals surface area contributed by atoms with E-state index in [4.69, 9.17) is 9.52 Å². The molecule has 1 amide bonds. The van der Waals surface area contributed by atoms with Crippen LogP contribution in [0.4, 0.5) is 0 Å². The summed E-state index contributed by atoms with van der Waals surface area (Å²) >= 11 is 0. The molecule has 1 aromatic heterocycles. The molecule has 0 spiro atoms. The summed E-state index contributed by atoms with van der Waals surface area (Å²) in [4.78, 5) is 22.6. The molecule has 128 valence electrons. The van der Waals surface area contributed by atoms with Gasteiger partial charge < -0.3 is 14.8 Å². The van der Waals surface area contributed by atoms with Crippen molar-refractivity contribution in [3.05, 3.63) is 48.4 Å². The monoisotopic (exact) mass is 329 g/mol. The normalized spacial score (nSPS) is 10.5. The molecule has 1 aromatic carbocycles. The second-order valence-electron chi connectivity index (χ2n) is 5.76. The number of unbranched alkanes of at least 4 members (excludes halogenated alkanes) is 4. The average molecular weight is 329 g/mol. The predicted octanol–water partition coefficient (Wildman–Crippen LogP) is 4.10. The summed E-state index contributed by atoms with van der Waals surface area (Å²) in [5.41, 5.74) is 2.54. The minimum Gasteiger partial charge on any atom is -0.481 e. The Hall–Kier alpha value is -2.56. The summed E-state index contributed by atoms with van der Waals surface area (Å²) in [7, 11) is 0. The van der Waals surface area contributed by atoms with Crippen LogP contribution in [0.25, 0.3) is 11.1 Å². The van der Waals surface area contributed by atoms with Crippen LogP contribution in [0.15, 0.2) is 47.3 Å². The summed E-state index contributed by atoms with van der Waals surface area (Å²) in [6.07, 6.45) is 8.05. The third kappa shape index (κ3) is 5.91. The fourth-order valence-corrected chi connectivity index (χ4v) is 2.50. The molecule has 0 aliphatic rings. The van der Waals surface area contributed by atoms with Gasteiger partial charge in [0, 0.05) is 24.1 Å². The minimum absolute atomic E-state index is 0.0776. The number of hydrogen-bond donors (Lipinski definition) is 2. The van der Waals surface area contributed by atoms with Gasteiger partial charge in [0.2, 0.25) is 0 Å². The van der Waals surface area contributed by atoms with E-state index >= 15 is 0 Å². The maximum atomic E-state index is 12.2. The summed E-state index contributed by atoms with van der Waals surface area (Å²) < 4.78 is 5.07. The molecule has 0 saturated carbocycles. The number of hydrogen-bond acceptors (Lipinski definition) is 3. The van der Waals surface area contributed by atoms with Gasteiger partial charge >= 0.3 is 5.97 Å². The molecule has 0 radical (unpaired) electrons. The molecule has 0 unspecified atom stereocenters. The largest absolute Gasteiger partial charge is 0.481 e. The molecule has 0 bridgehead atoms. The van der Waals surface area contributed by atoms with Crippen LogP contribution in [0.5, 0.6) is 0 Å². The van der Waals surface area contributed by atoms with Gasteiger partial charge in [-0.15, -0.1) is 0 Å². The molecule has 2 rings (SSSR count). The Balaban J connectivity index is 1.68. The Morgan fingerprint density at radius 2 is 1.79 bits per heavy atom. The van der Waals surface area contributed by atoms with Crippen molar-refractivity contribution in [3.63, 3.8) is 0 Å². The number of nitrogens with one attached hydrogen (secondary N) is 1. The van der Waals surface area contributed by atoms with Crippen LogP contribution in [0.1, 0.15) is 48.9 Å². The molecule has 0 atom stereocenters. The molecular weight excluding hydrogens is 306 g/mol. The second-order valence-corrected chi connectivity index (χ2v) is 5.76. The number of rotatable bonds is 10. The Kier molecular flexibility index (Phi) is 7.08. The Bertz CT molecular complexity index is 649. The smallest absolute Gasteiger partial charge is 0.303 e. The summed E-state index contributed by atoms with van der Waals surface area (Å²) in [5.74, 6) is -0.814. The van der Waals surface area contributed by atoms with Gasteiger partial charge in [0.05, 0.1) is 12.5 Å². The zero-order valence-corrected chi connectivity index (χ0v) is 13.7. The van der Waals surface area contributed by atoms with E-state index in [0.29, 0.717) is 12.1 Å². The molecular formula is C19H23NO4. The fraction of sp³-hybridized carbons (Fsp3) is 0.368. The van der Waals surface area contributed by atoms with Crippen molar-refractivity contribution < 1.29 is 19.1 Å². The maximum absolute atomic E-state index is 12.2. The number of carboxylic acids is 1. The highest BCUT2D eigenvalue weighted by molar-refractivity contribution is 5.95. The van der Waals surface area contributed by atoms with Gasteiger partial charge in [0.25, 0.3) is 5.91 Å². The summed E-state index contributed by atoms with van der Waals surface area (Å²) in [5, 5.41) is 11.5. The highest BCUT2D eigenvalue weighted by atomic mass is 16.4. The first-order valence-corrected chi connectivity index (χ1v) is 8.29. The minimum atomic E-state index is -0.736. The Morgan fingerprint density at radius 1 is 1.00 bits per heavy atom. The lowest BCUT2D eigenvalue weighted by molar-refractivity contribution is -0.137. The van der Waals surface area contributed by atoms with E-state index in [1.807, 2.05) is 24.3 Å². The molecule has 2 aromatic rings. The van der Waals surface area contributed by atoms with E-state index in [0.717, 1.165) is 43.2 Å². The van der Waals surface area contributed by atoms with Crippen molar-refractivity contribution in [2.24, 2.45) is 0 Å². The van der Waals surface area contributed by atoms with Gasteiger partial charge in [-0.05, 0) is 36.6 Å². The molecule has 0 fully saturated rings. The van der Waals surface area contributed by atoms with Crippen LogP contribution < -0.4 is 5.32 Å². The number of carbonyl (C=O) groups is 2. The van der Waals surface area contributed by atoms with Crippen molar-refractivity contribution in [2.45, 2.75) is 38.5 Å². The summed E-state index contributed by atoms with van der Waals surface area (Å²) in [6.45, 7) is 0.633. The van der Waals surface area contributed by atoms with Crippen molar-refractivity contribution >= 4 is 11.9 Å². The third-order valence-electron chi connectivity index (χ3n) is 3.83. The Labute approximate surface area is 141 Å². The van der Waals surface area contributed by atoms with Crippen LogP contribution in [0, 0.1) is 0 Å². The average Bonchev–Trinajstić information content (AvgIpc) is 3.11. The first kappa shape index (κ1) is 17.8. The van der Waals surface area contributed by atoms with Gasteiger partial charge in [-0.3, -0.25) is 9.59 Å². The van der Waals surface area contributed by atoms with E-state index < -0.39 is 5.97 Å². The highest BCUT2D eigenvalue weighted by Gasteiger charge is 2.07. The van der Waals surface area contributed by atoms with Crippen molar-refractivity contribution in [1.29, 1.82) is 0 Å². The summed E-state index contributed by atoms with van der Waals surface area (Å²) in [6, 6.07) is 9.32. The Morgan fingerprint density at radius 3 is 2.54 bits per heavy atom. The van der Waals surface area contributed by atoms with Crippen LogP contribution in [0.3, 0.4) is 0 Å². The predicted molar refractivity (Wildman–Crippen MR) is 91.8 cm³/mol. The molecule has 5 heteroatoms. The van der Waals surface area contributed by atoms with Crippen LogP contribution in [-0.4, -0.2) is 23.5 Å². The van der Waals surface area contributed by atoms with Gasteiger partial charge in [-0.2, -0.15) is 0 Å². The molecule has 1 heterocycles. The molecule has 0 aliphatic carbocycles. The lowest BCUT2D eigenvalue weighted by atomic mass is 10.1. The maximum Gasteiger partial charge on any atom is 0.303 e. The van der Waals surface area contributed by atoms with Crippen molar-refractivity contribution in [1.82, 2.24) is 5.32 Å². The van der Waals surface area contributed by atoms with Gasteiger partial charge in [0.15, 0.2) is 0 Å². The van der Waals surface area contributed by atoms with E-state index in [1.54, 1.807) is 18.6 Å². The standard InChI is InChI=1S/C19H23NO4/c21-18(22)9-4-2-1-3-5-11-20-19(23)16-8-6-7-15(13-16)17-10-12-24-14-17/h6-8,10,12-14H,1-5,9,11H2,(H,20,23)(H,21,22). The van der Waals surface area contributed by atoms with E-state index in [1.165, 1.54) is 0 Å². The van der Waals surface area contributed by atoms with E-state index in [2.05, 4.69) is 5.32 Å². The van der Waals surface area contributed by atoms with Crippen LogP contribution in [-0.2, 0) is 4.79 Å². The lowest BCUT2D eigenvalue weighted by Gasteiger charge is -2.06. The zero-order chi connectivity index (χ0) is 17.2. The first-order valence-electron chi connectivity index (χ1n) is 8.29. The number of benzene rings is 1. The fourth-order valence-electron chi connectivity index (χ4n) is 2.50. The van der Waals surface area contributed by atoms with Crippen molar-refractivity contribution in [3.8, 4) is 11.1 Å². The topological polar surface area (TPSA) is 79.5 Å². The molecule has 0 aliphatic heterocycles. The molecule has 2 N–H and O–H groups in total. The number of carbonyl (C=O) groups excluding carboxylic acids is 1. The van der Waals surface area contributed by atoms with Crippen molar-refractivity contribution in [2.75, 3.05) is 6.54 Å². The third-order valence-corrected chi connectivity index (χ3v) is 3.83. The van der Waals surface area contributed by atoms with E-state index in [9.17, 15) is 9.59 Å². The number of furan rings is 1. The van der Waals surface area contributed by atoms with Crippen LogP contribution in [0.2, 0.25) is 0 Å². The number of carboxylic acid groups (broad SMARTS) is 1. The molecule has 0 saturated heterocycles. The highest BCUT2D eigenvalue weighted by Crippen LogP contribution is 2.20. The zero-order valence-electron chi connectivity index (χ0n) is 13.7. The van der Waals surface area contributed by atoms with Gasteiger partial charge in [0.1, 0.15) is 0 Å². The molecule has 24 heavy (non-hydrogen) atoms. The van der Waals surface area contributed by atoms with Gasteiger partial charge in [-0.25, -0.2) is 0 Å².